The fourth-order valence-corrected chi connectivity index (χ4v) is 3.60. The molecule has 4 nitrogen and oxygen atoms in total. The van der Waals surface area contributed by atoms with Gasteiger partial charge in [0.05, 0.1) is 0 Å². The van der Waals surface area contributed by atoms with Crippen molar-refractivity contribution in [2.24, 2.45) is 10.4 Å². The van der Waals surface area contributed by atoms with Crippen LogP contribution in [0.2, 0.25) is 0 Å². The van der Waals surface area contributed by atoms with Crippen molar-refractivity contribution in [3.05, 3.63) is 0 Å². The van der Waals surface area contributed by atoms with Crippen molar-refractivity contribution in [2.75, 3.05) is 39.8 Å². The lowest BCUT2D eigenvalue weighted by molar-refractivity contribution is 0.159. The van der Waals surface area contributed by atoms with E-state index in [0.29, 0.717) is 5.41 Å². The first kappa shape index (κ1) is 20.0. The summed E-state index contributed by atoms with van der Waals surface area (Å²) in [5.74, 6) is 1.09. The number of aliphatic imine (C=N–C) groups is 1. The van der Waals surface area contributed by atoms with Gasteiger partial charge in [-0.15, -0.1) is 24.0 Å². The van der Waals surface area contributed by atoms with Gasteiger partial charge in [-0.1, -0.05) is 20.3 Å². The predicted molar refractivity (Wildman–Crippen MR) is 106 cm³/mol. The van der Waals surface area contributed by atoms with Crippen LogP contribution >= 0.6 is 24.0 Å². The lowest BCUT2D eigenvalue weighted by Gasteiger charge is -2.33. The van der Waals surface area contributed by atoms with Crippen molar-refractivity contribution in [2.45, 2.75) is 58.9 Å². The van der Waals surface area contributed by atoms with Gasteiger partial charge in [-0.25, -0.2) is 0 Å². The third-order valence-corrected chi connectivity index (χ3v) is 5.03. The lowest BCUT2D eigenvalue weighted by atomic mass is 9.93. The molecule has 0 amide bonds. The maximum atomic E-state index is 4.45. The van der Waals surface area contributed by atoms with Crippen LogP contribution in [-0.2, 0) is 0 Å². The second kappa shape index (κ2) is 9.30. The molecule has 0 aliphatic carbocycles. The van der Waals surface area contributed by atoms with E-state index >= 15 is 0 Å². The molecule has 5 heteroatoms. The summed E-state index contributed by atoms with van der Waals surface area (Å²) in [6, 6.07) is 0.775. The zero-order chi connectivity index (χ0) is 15.3. The zero-order valence-corrected chi connectivity index (χ0v) is 17.2. The van der Waals surface area contributed by atoms with Crippen molar-refractivity contribution in [1.29, 1.82) is 0 Å². The summed E-state index contributed by atoms with van der Waals surface area (Å²) >= 11 is 0. The van der Waals surface area contributed by atoms with Gasteiger partial charge in [-0.2, -0.15) is 0 Å². The van der Waals surface area contributed by atoms with Gasteiger partial charge >= 0.3 is 0 Å². The normalized spacial score (nSPS) is 25.9. The van der Waals surface area contributed by atoms with Crippen LogP contribution in [0.5, 0.6) is 0 Å². The van der Waals surface area contributed by atoms with Gasteiger partial charge in [0, 0.05) is 39.3 Å². The van der Waals surface area contributed by atoms with Gasteiger partial charge in [0.25, 0.3) is 0 Å². The quantitative estimate of drug-likeness (QED) is 0.327. The maximum Gasteiger partial charge on any atom is 0.193 e. The third kappa shape index (κ3) is 5.87. The summed E-state index contributed by atoms with van der Waals surface area (Å²) in [6.45, 7) is 12.9. The summed E-state index contributed by atoms with van der Waals surface area (Å²) in [5, 5.41) is 3.55. The number of nitrogens with one attached hydrogen (secondary N) is 1. The number of nitrogens with zero attached hydrogens (tertiary/aromatic N) is 3. The summed E-state index contributed by atoms with van der Waals surface area (Å²) in [7, 11) is 1.90. The highest BCUT2D eigenvalue weighted by molar-refractivity contribution is 14.0. The fourth-order valence-electron chi connectivity index (χ4n) is 3.60. The highest BCUT2D eigenvalue weighted by atomic mass is 127. The Bertz CT molecular complexity index is 357. The van der Waals surface area contributed by atoms with Crippen LogP contribution in [0.15, 0.2) is 4.99 Å². The minimum absolute atomic E-state index is 0. The molecule has 0 bridgehead atoms. The number of piperidine rings is 1. The number of rotatable bonds is 4. The topological polar surface area (TPSA) is 30.9 Å². The van der Waals surface area contributed by atoms with E-state index in [1.54, 1.807) is 0 Å². The molecule has 0 aromatic rings. The smallest absolute Gasteiger partial charge is 0.193 e. The SMILES string of the molecule is CN=C(NCCCN1CCCCC1C)N1CCC(C)(C)C1.I. The Kier molecular flexibility index (Phi) is 8.46. The Morgan fingerprint density at radius 1 is 1.27 bits per heavy atom. The predicted octanol–water partition coefficient (Wildman–Crippen LogP) is 3.18. The van der Waals surface area contributed by atoms with Crippen molar-refractivity contribution in [3.63, 3.8) is 0 Å². The van der Waals surface area contributed by atoms with Crippen LogP contribution < -0.4 is 5.32 Å². The summed E-state index contributed by atoms with van der Waals surface area (Å²) in [6.07, 6.45) is 6.63. The molecule has 130 valence electrons. The molecule has 0 spiro atoms. The van der Waals surface area contributed by atoms with E-state index in [9.17, 15) is 0 Å². The molecule has 2 aliphatic rings. The van der Waals surface area contributed by atoms with E-state index in [1.165, 1.54) is 45.2 Å². The average molecular weight is 422 g/mol. The summed E-state index contributed by atoms with van der Waals surface area (Å²) < 4.78 is 0. The standard InChI is InChI=1S/C17H34N4.HI/c1-15-8-5-6-11-20(15)12-7-10-19-16(18-4)21-13-9-17(2,3)14-21;/h15H,5-14H2,1-4H3,(H,18,19);1H. The molecule has 2 heterocycles. The Balaban J connectivity index is 0.00000242. The van der Waals surface area contributed by atoms with Gasteiger partial charge in [0.1, 0.15) is 0 Å². The zero-order valence-electron chi connectivity index (χ0n) is 14.9. The third-order valence-electron chi connectivity index (χ3n) is 5.03. The largest absolute Gasteiger partial charge is 0.356 e. The highest BCUT2D eigenvalue weighted by Gasteiger charge is 2.30. The molecule has 2 aliphatic heterocycles. The van der Waals surface area contributed by atoms with Crippen LogP contribution in [0.3, 0.4) is 0 Å². The summed E-state index contributed by atoms with van der Waals surface area (Å²) in [4.78, 5) is 9.50. The highest BCUT2D eigenvalue weighted by Crippen LogP contribution is 2.28. The molecule has 1 atom stereocenters. The Morgan fingerprint density at radius 3 is 2.64 bits per heavy atom. The van der Waals surface area contributed by atoms with Gasteiger partial charge < -0.3 is 15.1 Å². The molecule has 1 N–H and O–H groups in total. The summed E-state index contributed by atoms with van der Waals surface area (Å²) in [5.41, 5.74) is 0.431. The molecular weight excluding hydrogens is 387 g/mol. The average Bonchev–Trinajstić information content (AvgIpc) is 2.81. The molecule has 0 radical (unpaired) electrons. The van der Waals surface area contributed by atoms with Crippen LogP contribution in [0.4, 0.5) is 0 Å². The van der Waals surface area contributed by atoms with E-state index in [0.717, 1.165) is 31.6 Å². The first-order valence-electron chi connectivity index (χ1n) is 8.71. The fraction of sp³-hybridized carbons (Fsp3) is 0.941. The minimum Gasteiger partial charge on any atom is -0.356 e. The van der Waals surface area contributed by atoms with Crippen LogP contribution in [0.1, 0.15) is 52.9 Å². The first-order valence-corrected chi connectivity index (χ1v) is 8.71. The van der Waals surface area contributed by atoms with Gasteiger partial charge in [0.2, 0.25) is 0 Å². The van der Waals surface area contributed by atoms with Crippen LogP contribution in [0.25, 0.3) is 0 Å². The number of likely N-dealkylation sites (tertiary alicyclic amines) is 2. The second-order valence-corrected chi connectivity index (χ2v) is 7.54. The Labute approximate surface area is 154 Å². The van der Waals surface area contributed by atoms with E-state index in [-0.39, 0.29) is 24.0 Å². The monoisotopic (exact) mass is 422 g/mol. The molecule has 0 aromatic heterocycles. The van der Waals surface area contributed by atoms with E-state index in [2.05, 4.69) is 40.9 Å². The molecule has 2 fully saturated rings. The number of hydrogen-bond donors (Lipinski definition) is 1. The number of halogens is 1. The van der Waals surface area contributed by atoms with Crippen LogP contribution in [0, 0.1) is 5.41 Å². The van der Waals surface area contributed by atoms with Crippen LogP contribution in [-0.4, -0.2) is 61.6 Å². The van der Waals surface area contributed by atoms with E-state index in [1.807, 2.05) is 7.05 Å². The van der Waals surface area contributed by atoms with Crippen molar-refractivity contribution in [3.8, 4) is 0 Å². The molecular formula is C17H35IN4. The lowest BCUT2D eigenvalue weighted by Crippen LogP contribution is -2.43. The van der Waals surface area contributed by atoms with E-state index < -0.39 is 0 Å². The second-order valence-electron chi connectivity index (χ2n) is 7.54. The maximum absolute atomic E-state index is 4.45. The van der Waals surface area contributed by atoms with Crippen molar-refractivity contribution >= 4 is 29.9 Å². The molecule has 22 heavy (non-hydrogen) atoms. The molecule has 2 rings (SSSR count). The Morgan fingerprint density at radius 2 is 2.05 bits per heavy atom. The van der Waals surface area contributed by atoms with E-state index in [4.69, 9.17) is 0 Å². The molecule has 2 saturated heterocycles. The number of hydrogen-bond acceptors (Lipinski definition) is 2. The van der Waals surface area contributed by atoms with Crippen molar-refractivity contribution < 1.29 is 0 Å². The first-order chi connectivity index (χ1) is 10.0. The molecule has 0 saturated carbocycles. The van der Waals surface area contributed by atoms with Gasteiger partial charge in [-0.05, 0) is 44.6 Å². The number of guanidine groups is 1. The van der Waals surface area contributed by atoms with Gasteiger partial charge in [0.15, 0.2) is 5.96 Å². The van der Waals surface area contributed by atoms with Gasteiger partial charge in [-0.3, -0.25) is 4.99 Å². The van der Waals surface area contributed by atoms with Crippen molar-refractivity contribution in [1.82, 2.24) is 15.1 Å². The Hall–Kier alpha value is -0.0400. The molecule has 1 unspecified atom stereocenters. The minimum atomic E-state index is 0. The molecule has 0 aromatic carbocycles.